The van der Waals surface area contributed by atoms with Crippen LogP contribution in [-0.4, -0.2) is 19.9 Å². The van der Waals surface area contributed by atoms with Crippen molar-refractivity contribution in [1.29, 1.82) is 0 Å². The summed E-state index contributed by atoms with van der Waals surface area (Å²) in [4.78, 5) is 17.5. The van der Waals surface area contributed by atoms with Crippen LogP contribution in [0.4, 0.5) is 11.6 Å². The van der Waals surface area contributed by atoms with Gasteiger partial charge in [-0.25, -0.2) is 9.97 Å². The van der Waals surface area contributed by atoms with Crippen molar-refractivity contribution in [1.82, 2.24) is 19.9 Å². The van der Waals surface area contributed by atoms with Crippen LogP contribution in [0.3, 0.4) is 0 Å². The Kier molecular flexibility index (Phi) is 3.22. The molecular formula is C14H18N6. The highest BCUT2D eigenvalue weighted by atomic mass is 15.1. The van der Waals surface area contributed by atoms with Gasteiger partial charge in [0.1, 0.15) is 17.5 Å². The maximum absolute atomic E-state index is 5.96. The molecule has 0 aromatic carbocycles. The lowest BCUT2D eigenvalue weighted by Gasteiger charge is -2.11. The molecule has 1 aliphatic rings. The van der Waals surface area contributed by atoms with Gasteiger partial charge in [-0.15, -0.1) is 0 Å². The molecule has 3 rings (SSSR count). The maximum Gasteiger partial charge on any atom is 0.136 e. The molecule has 0 bridgehead atoms. The van der Waals surface area contributed by atoms with E-state index in [2.05, 4.69) is 25.3 Å². The largest absolute Gasteiger partial charge is 0.383 e. The minimum atomic E-state index is 0.484. The molecular weight excluding hydrogens is 252 g/mol. The van der Waals surface area contributed by atoms with Gasteiger partial charge in [0.15, 0.2) is 0 Å². The smallest absolute Gasteiger partial charge is 0.136 e. The third kappa shape index (κ3) is 2.68. The average Bonchev–Trinajstić information content (AvgIpc) is 3.26. The molecule has 0 radical (unpaired) electrons. The van der Waals surface area contributed by atoms with E-state index < -0.39 is 0 Å². The number of hydrogen-bond acceptors (Lipinski definition) is 6. The minimum Gasteiger partial charge on any atom is -0.383 e. The Hall–Kier alpha value is -2.24. The Morgan fingerprint density at radius 2 is 2.00 bits per heavy atom. The van der Waals surface area contributed by atoms with Crippen LogP contribution in [-0.2, 0) is 6.54 Å². The summed E-state index contributed by atoms with van der Waals surface area (Å²) in [5.41, 5.74) is 8.63. The summed E-state index contributed by atoms with van der Waals surface area (Å²) in [6.45, 7) is 4.42. The van der Waals surface area contributed by atoms with Crippen molar-refractivity contribution in [3.05, 3.63) is 35.2 Å². The molecule has 0 amide bonds. The van der Waals surface area contributed by atoms with Gasteiger partial charge >= 0.3 is 0 Å². The predicted octanol–water partition coefficient (Wildman–Crippen LogP) is 1.96. The fourth-order valence-electron chi connectivity index (χ4n) is 1.93. The molecule has 0 unspecified atom stereocenters. The number of nitrogens with two attached hydrogens (primary N) is 1. The fraction of sp³-hybridized carbons (Fsp3) is 0.429. The Balaban J connectivity index is 1.77. The van der Waals surface area contributed by atoms with Gasteiger partial charge in [-0.2, -0.15) is 0 Å². The van der Waals surface area contributed by atoms with Gasteiger partial charge in [0.25, 0.3) is 0 Å². The van der Waals surface area contributed by atoms with E-state index in [-0.39, 0.29) is 0 Å². The van der Waals surface area contributed by atoms with Crippen LogP contribution in [0.25, 0.3) is 0 Å². The van der Waals surface area contributed by atoms with Crippen molar-refractivity contribution in [2.45, 2.75) is 39.2 Å². The summed E-state index contributed by atoms with van der Waals surface area (Å²) in [6, 6.07) is 0. The summed E-state index contributed by atoms with van der Waals surface area (Å²) < 4.78 is 0. The standard InChI is InChI=1S/C14H18N6/c1-8-5-17-11(6-16-8)7-18-13-9(2)12(15)19-14(20-13)10-3-4-10/h5-6,10H,3-4,7H2,1-2H3,(H3,15,18,19,20). The normalized spacial score (nSPS) is 14.3. The number of hydrogen-bond donors (Lipinski definition) is 2. The van der Waals surface area contributed by atoms with Crippen molar-refractivity contribution in [2.24, 2.45) is 0 Å². The van der Waals surface area contributed by atoms with Gasteiger partial charge in [-0.3, -0.25) is 9.97 Å². The van der Waals surface area contributed by atoms with Crippen LogP contribution in [0.2, 0.25) is 0 Å². The molecule has 6 nitrogen and oxygen atoms in total. The maximum atomic E-state index is 5.96. The van der Waals surface area contributed by atoms with Gasteiger partial charge in [-0.05, 0) is 26.7 Å². The quantitative estimate of drug-likeness (QED) is 0.882. The second-order valence-corrected chi connectivity index (χ2v) is 5.22. The third-order valence-corrected chi connectivity index (χ3v) is 3.41. The monoisotopic (exact) mass is 270 g/mol. The number of nitrogens with one attached hydrogen (secondary N) is 1. The molecule has 2 heterocycles. The minimum absolute atomic E-state index is 0.484. The zero-order chi connectivity index (χ0) is 14.1. The van der Waals surface area contributed by atoms with Crippen LogP contribution in [0, 0.1) is 13.8 Å². The molecule has 1 fully saturated rings. The molecule has 2 aromatic heterocycles. The Labute approximate surface area is 117 Å². The molecule has 0 aliphatic heterocycles. The second kappa shape index (κ2) is 5.03. The second-order valence-electron chi connectivity index (χ2n) is 5.22. The van der Waals surface area contributed by atoms with Gasteiger partial charge in [0.2, 0.25) is 0 Å². The molecule has 6 heteroatoms. The highest BCUT2D eigenvalue weighted by Crippen LogP contribution is 2.39. The zero-order valence-corrected chi connectivity index (χ0v) is 11.7. The van der Waals surface area contributed by atoms with Crippen molar-refractivity contribution >= 4 is 11.6 Å². The van der Waals surface area contributed by atoms with Gasteiger partial charge in [0, 0.05) is 17.7 Å². The Morgan fingerprint density at radius 3 is 2.65 bits per heavy atom. The van der Waals surface area contributed by atoms with E-state index in [0.29, 0.717) is 18.3 Å². The molecule has 3 N–H and O–H groups in total. The highest BCUT2D eigenvalue weighted by Gasteiger charge is 2.27. The molecule has 0 spiro atoms. The summed E-state index contributed by atoms with van der Waals surface area (Å²) in [5.74, 6) is 2.68. The predicted molar refractivity (Wildman–Crippen MR) is 77.3 cm³/mol. The van der Waals surface area contributed by atoms with E-state index in [1.54, 1.807) is 12.4 Å². The first-order chi connectivity index (χ1) is 9.63. The Bertz CT molecular complexity index is 618. The Morgan fingerprint density at radius 1 is 1.20 bits per heavy atom. The summed E-state index contributed by atoms with van der Waals surface area (Å²) in [5, 5.41) is 3.28. The number of nitrogen functional groups attached to an aromatic ring is 1. The topological polar surface area (TPSA) is 89.6 Å². The van der Waals surface area contributed by atoms with Crippen LogP contribution >= 0.6 is 0 Å². The SMILES string of the molecule is Cc1cnc(CNc2nc(C3CC3)nc(N)c2C)cn1. The zero-order valence-electron chi connectivity index (χ0n) is 11.7. The van der Waals surface area contributed by atoms with E-state index in [9.17, 15) is 0 Å². The number of aromatic nitrogens is 4. The summed E-state index contributed by atoms with van der Waals surface area (Å²) in [6.07, 6.45) is 5.84. The van der Waals surface area contributed by atoms with Gasteiger partial charge < -0.3 is 11.1 Å². The van der Waals surface area contributed by atoms with E-state index in [4.69, 9.17) is 5.73 Å². The van der Waals surface area contributed by atoms with Crippen molar-refractivity contribution in [2.75, 3.05) is 11.1 Å². The van der Waals surface area contributed by atoms with Crippen molar-refractivity contribution in [3.63, 3.8) is 0 Å². The van der Waals surface area contributed by atoms with Crippen LogP contribution in [0.1, 0.15) is 41.5 Å². The van der Waals surface area contributed by atoms with Crippen molar-refractivity contribution < 1.29 is 0 Å². The molecule has 0 saturated heterocycles. The van der Waals surface area contributed by atoms with Crippen LogP contribution < -0.4 is 11.1 Å². The number of rotatable bonds is 4. The average molecular weight is 270 g/mol. The summed E-state index contributed by atoms with van der Waals surface area (Å²) in [7, 11) is 0. The van der Waals surface area contributed by atoms with E-state index in [1.807, 2.05) is 13.8 Å². The van der Waals surface area contributed by atoms with Crippen molar-refractivity contribution in [3.8, 4) is 0 Å². The van der Waals surface area contributed by atoms with Crippen LogP contribution in [0.5, 0.6) is 0 Å². The van der Waals surface area contributed by atoms with Gasteiger partial charge in [0.05, 0.1) is 24.1 Å². The number of anilines is 2. The lowest BCUT2D eigenvalue weighted by Crippen LogP contribution is -2.10. The molecule has 1 aliphatic carbocycles. The molecule has 1 saturated carbocycles. The van der Waals surface area contributed by atoms with E-state index in [0.717, 1.165) is 41.4 Å². The highest BCUT2D eigenvalue weighted by molar-refractivity contribution is 5.55. The molecule has 2 aromatic rings. The third-order valence-electron chi connectivity index (χ3n) is 3.41. The first kappa shape index (κ1) is 12.8. The van der Waals surface area contributed by atoms with Crippen LogP contribution in [0.15, 0.2) is 12.4 Å². The lowest BCUT2D eigenvalue weighted by atomic mass is 10.2. The number of aryl methyl sites for hydroxylation is 1. The molecule has 104 valence electrons. The van der Waals surface area contributed by atoms with E-state index in [1.165, 1.54) is 0 Å². The first-order valence-electron chi connectivity index (χ1n) is 6.79. The van der Waals surface area contributed by atoms with E-state index >= 15 is 0 Å². The molecule has 20 heavy (non-hydrogen) atoms. The molecule has 0 atom stereocenters. The fourth-order valence-corrected chi connectivity index (χ4v) is 1.93. The first-order valence-corrected chi connectivity index (χ1v) is 6.79. The summed E-state index contributed by atoms with van der Waals surface area (Å²) >= 11 is 0. The van der Waals surface area contributed by atoms with Gasteiger partial charge in [-0.1, -0.05) is 0 Å². The lowest BCUT2D eigenvalue weighted by molar-refractivity contribution is 0.908. The number of nitrogens with zero attached hydrogens (tertiary/aromatic N) is 4.